The minimum atomic E-state index is -0.813. The molecule has 1 heterocycles. The predicted octanol–water partition coefficient (Wildman–Crippen LogP) is 8.66. The molecule has 0 fully saturated rings. The summed E-state index contributed by atoms with van der Waals surface area (Å²) in [6.07, 6.45) is 1.02. The number of thioether (sulfide) groups is 1. The van der Waals surface area contributed by atoms with Crippen LogP contribution in [0.4, 0.5) is 5.69 Å². The van der Waals surface area contributed by atoms with E-state index >= 15 is 0 Å². The number of hydrogen-bond donors (Lipinski definition) is 2. The summed E-state index contributed by atoms with van der Waals surface area (Å²) in [5.41, 5.74) is 4.18. The number of carboxylic acid groups (broad SMARTS) is 1. The van der Waals surface area contributed by atoms with Crippen molar-refractivity contribution in [2.45, 2.75) is 57.1 Å². The Morgan fingerprint density at radius 1 is 0.921 bits per heavy atom. The molecule has 4 aromatic rings. The fourth-order valence-electron chi connectivity index (χ4n) is 3.78. The summed E-state index contributed by atoms with van der Waals surface area (Å²) in [6.45, 7) is 9.94. The Hall–Kier alpha value is -3.42. The summed E-state index contributed by atoms with van der Waals surface area (Å²) < 4.78 is -0.421. The highest BCUT2D eigenvalue weighted by Crippen LogP contribution is 2.39. The lowest BCUT2D eigenvalue weighted by Gasteiger charge is -2.21. The quantitative estimate of drug-likeness (QED) is 0.205. The molecule has 0 atom stereocenters. The van der Waals surface area contributed by atoms with Crippen molar-refractivity contribution in [3.63, 3.8) is 0 Å². The Morgan fingerprint density at radius 3 is 2.13 bits per heavy atom. The summed E-state index contributed by atoms with van der Waals surface area (Å²) in [7, 11) is 0. The van der Waals surface area contributed by atoms with E-state index in [0.29, 0.717) is 5.69 Å². The van der Waals surface area contributed by atoms with Gasteiger partial charge in [-0.25, -0.2) is 4.98 Å². The van der Waals surface area contributed by atoms with Crippen LogP contribution in [0.15, 0.2) is 83.8 Å². The number of carbonyl (C=O) groups is 2. The second-order valence-corrected chi connectivity index (χ2v) is 11.8. The highest BCUT2D eigenvalue weighted by atomic mass is 32.2. The number of anilines is 1. The molecule has 0 unspecified atom stereocenters. The first-order valence-corrected chi connectivity index (χ1v) is 14.3. The van der Waals surface area contributed by atoms with Gasteiger partial charge in [-0.1, -0.05) is 75.4 Å². The largest absolute Gasteiger partial charge is 0.481 e. The molecule has 5 nitrogen and oxygen atoms in total. The monoisotopic (exact) mass is 546 g/mol. The van der Waals surface area contributed by atoms with E-state index in [2.05, 4.69) is 12.2 Å². The van der Waals surface area contributed by atoms with E-state index in [-0.39, 0.29) is 12.3 Å². The Bertz CT molecular complexity index is 1350. The lowest BCUT2D eigenvalue weighted by molar-refractivity contribution is -0.137. The molecular formula is C31H34N2O3S2. The molecule has 1 amide bonds. The van der Waals surface area contributed by atoms with Crippen molar-refractivity contribution in [3.8, 4) is 21.0 Å². The number of benzene rings is 3. The summed E-state index contributed by atoms with van der Waals surface area (Å²) in [6, 6.07) is 25.5. The van der Waals surface area contributed by atoms with Gasteiger partial charge >= 0.3 is 5.97 Å². The number of rotatable bonds is 9. The number of amides is 1. The van der Waals surface area contributed by atoms with E-state index in [0.717, 1.165) is 38.0 Å². The molecule has 0 aliphatic heterocycles. The lowest BCUT2D eigenvalue weighted by atomic mass is 10.1. The van der Waals surface area contributed by atoms with Crippen LogP contribution >= 0.6 is 23.1 Å². The molecule has 0 radical (unpaired) electrons. The molecule has 7 heteroatoms. The molecule has 0 saturated carbocycles. The number of aryl methyl sites for hydroxylation is 1. The standard InChI is InChI=1S/C29H28N2O3S2.C2H6/c1-4-19-10-14-22(15-11-19)30-27(34)25-26(20-8-6-5-7-9-20)35-28(31-25)21-12-16-23(17-13-21)36-29(2,3)18-24(32)33;1-2/h5-17H,4,18H2,1-3H3,(H,30,34)(H,32,33);1-2H3. The summed E-state index contributed by atoms with van der Waals surface area (Å²) in [5.74, 6) is -1.06. The van der Waals surface area contributed by atoms with Crippen molar-refractivity contribution in [1.29, 1.82) is 0 Å². The highest BCUT2D eigenvalue weighted by molar-refractivity contribution is 8.00. The maximum absolute atomic E-state index is 13.3. The molecule has 198 valence electrons. The Balaban J connectivity index is 0.00000195. The molecule has 38 heavy (non-hydrogen) atoms. The van der Waals surface area contributed by atoms with Crippen molar-refractivity contribution < 1.29 is 14.7 Å². The number of carbonyl (C=O) groups excluding carboxylic acids is 1. The maximum atomic E-state index is 13.3. The molecule has 0 aliphatic rings. The number of hydrogen-bond acceptors (Lipinski definition) is 5. The first kappa shape index (κ1) is 29.1. The van der Waals surface area contributed by atoms with Gasteiger partial charge in [0, 0.05) is 20.9 Å². The molecule has 1 aromatic heterocycles. The molecule has 4 rings (SSSR count). The molecule has 2 N–H and O–H groups in total. The molecular weight excluding hydrogens is 512 g/mol. The zero-order chi connectivity index (χ0) is 27.7. The number of thiazole rings is 1. The smallest absolute Gasteiger partial charge is 0.304 e. The molecule has 0 aliphatic carbocycles. The number of nitrogens with one attached hydrogen (secondary N) is 1. The van der Waals surface area contributed by atoms with Crippen LogP contribution in [-0.2, 0) is 11.2 Å². The van der Waals surface area contributed by atoms with E-state index in [4.69, 9.17) is 10.1 Å². The fraction of sp³-hybridized carbons (Fsp3) is 0.258. The van der Waals surface area contributed by atoms with Gasteiger partial charge in [0.15, 0.2) is 0 Å². The Labute approximate surface area is 233 Å². The zero-order valence-electron chi connectivity index (χ0n) is 22.4. The van der Waals surface area contributed by atoms with Crippen LogP contribution in [0.5, 0.6) is 0 Å². The van der Waals surface area contributed by atoms with Crippen molar-refractivity contribution in [1.82, 2.24) is 4.98 Å². The van der Waals surface area contributed by atoms with Crippen LogP contribution < -0.4 is 5.32 Å². The second kappa shape index (κ2) is 13.4. The Morgan fingerprint density at radius 2 is 1.55 bits per heavy atom. The number of nitrogens with zero attached hydrogens (tertiary/aromatic N) is 1. The van der Waals surface area contributed by atoms with E-state index in [1.54, 1.807) is 0 Å². The minimum absolute atomic E-state index is 0.0754. The number of aliphatic carboxylic acids is 1. The van der Waals surface area contributed by atoms with Crippen molar-refractivity contribution in [3.05, 3.63) is 90.1 Å². The predicted molar refractivity (Wildman–Crippen MR) is 160 cm³/mol. The van der Waals surface area contributed by atoms with Crippen LogP contribution in [-0.4, -0.2) is 26.7 Å². The molecule has 0 bridgehead atoms. The summed E-state index contributed by atoms with van der Waals surface area (Å²) in [5, 5.41) is 12.9. The van der Waals surface area contributed by atoms with Crippen molar-refractivity contribution in [2.24, 2.45) is 0 Å². The normalized spacial score (nSPS) is 10.9. The van der Waals surface area contributed by atoms with Crippen LogP contribution in [0.25, 0.3) is 21.0 Å². The number of carboxylic acids is 1. The van der Waals surface area contributed by atoms with Gasteiger partial charge in [-0.3, -0.25) is 9.59 Å². The van der Waals surface area contributed by atoms with Gasteiger partial charge in [0.05, 0.1) is 11.3 Å². The third-order valence-electron chi connectivity index (χ3n) is 5.57. The first-order chi connectivity index (χ1) is 18.2. The van der Waals surface area contributed by atoms with Gasteiger partial charge in [-0.2, -0.15) is 0 Å². The molecule has 3 aromatic carbocycles. The zero-order valence-corrected chi connectivity index (χ0v) is 24.1. The first-order valence-electron chi connectivity index (χ1n) is 12.7. The van der Waals surface area contributed by atoms with Crippen LogP contribution in [0.2, 0.25) is 0 Å². The summed E-state index contributed by atoms with van der Waals surface area (Å²) in [4.78, 5) is 31.0. The third kappa shape index (κ3) is 7.79. The number of aromatic nitrogens is 1. The van der Waals surface area contributed by atoms with Gasteiger partial charge in [0.2, 0.25) is 0 Å². The van der Waals surface area contributed by atoms with Crippen LogP contribution in [0, 0.1) is 0 Å². The van der Waals surface area contributed by atoms with E-state index in [9.17, 15) is 9.59 Å². The second-order valence-electron chi connectivity index (χ2n) is 9.02. The van der Waals surface area contributed by atoms with Gasteiger partial charge in [-0.15, -0.1) is 23.1 Å². The van der Waals surface area contributed by atoms with Gasteiger partial charge < -0.3 is 10.4 Å². The lowest BCUT2D eigenvalue weighted by Crippen LogP contribution is -2.19. The van der Waals surface area contributed by atoms with Gasteiger partial charge in [0.1, 0.15) is 10.7 Å². The fourth-order valence-corrected chi connectivity index (χ4v) is 5.96. The van der Waals surface area contributed by atoms with Gasteiger partial charge in [-0.05, 0) is 55.7 Å². The molecule has 0 spiro atoms. The van der Waals surface area contributed by atoms with E-state index < -0.39 is 10.7 Å². The summed E-state index contributed by atoms with van der Waals surface area (Å²) >= 11 is 3.01. The Kier molecular flexibility index (Phi) is 10.3. The van der Waals surface area contributed by atoms with Crippen molar-refractivity contribution >= 4 is 40.7 Å². The molecule has 0 saturated heterocycles. The topological polar surface area (TPSA) is 79.3 Å². The third-order valence-corrected chi connectivity index (χ3v) is 7.93. The minimum Gasteiger partial charge on any atom is -0.481 e. The van der Waals surface area contributed by atoms with Crippen molar-refractivity contribution in [2.75, 3.05) is 5.32 Å². The van der Waals surface area contributed by atoms with E-state index in [1.807, 2.05) is 107 Å². The highest BCUT2D eigenvalue weighted by Gasteiger charge is 2.24. The van der Waals surface area contributed by atoms with Gasteiger partial charge in [0.25, 0.3) is 5.91 Å². The maximum Gasteiger partial charge on any atom is 0.304 e. The SMILES string of the molecule is CC.CCc1ccc(NC(=O)c2nc(-c3ccc(SC(C)(C)CC(=O)O)cc3)sc2-c2ccccc2)cc1. The van der Waals surface area contributed by atoms with Crippen LogP contribution in [0.1, 0.15) is 57.1 Å². The average molecular weight is 547 g/mol. The van der Waals surface area contributed by atoms with Crippen LogP contribution in [0.3, 0.4) is 0 Å². The average Bonchev–Trinajstić information content (AvgIpc) is 3.36. The van der Waals surface area contributed by atoms with E-state index in [1.165, 1.54) is 28.7 Å².